The zero-order valence-corrected chi connectivity index (χ0v) is 10.9. The number of Topliss-reactive ketones (excluding diaryl/α,β-unsaturated/α-hetero) is 1. The Morgan fingerprint density at radius 1 is 1.30 bits per heavy atom. The second-order valence-corrected chi connectivity index (χ2v) is 5.19. The fraction of sp³-hybridized carbons (Fsp3) is 0.188. The Morgan fingerprint density at radius 3 is 3.10 bits per heavy atom. The van der Waals surface area contributed by atoms with Crippen LogP contribution in [0.1, 0.15) is 33.8 Å². The summed E-state index contributed by atoms with van der Waals surface area (Å²) >= 11 is 0. The van der Waals surface area contributed by atoms with Crippen LogP contribution in [0.25, 0.3) is 5.52 Å². The number of rotatable bonds is 3. The van der Waals surface area contributed by atoms with Crippen molar-refractivity contribution in [2.45, 2.75) is 18.8 Å². The smallest absolute Gasteiger partial charge is 0.167 e. The van der Waals surface area contributed by atoms with Crippen molar-refractivity contribution in [2.24, 2.45) is 0 Å². The summed E-state index contributed by atoms with van der Waals surface area (Å²) in [5, 5.41) is 4.19. The number of benzene rings is 1. The highest BCUT2D eigenvalue weighted by Gasteiger charge is 2.28. The van der Waals surface area contributed by atoms with Crippen molar-refractivity contribution in [2.75, 3.05) is 0 Å². The lowest BCUT2D eigenvalue weighted by molar-refractivity contribution is 0.0972. The van der Waals surface area contributed by atoms with E-state index < -0.39 is 0 Å². The van der Waals surface area contributed by atoms with E-state index in [-0.39, 0.29) is 5.78 Å². The van der Waals surface area contributed by atoms with Gasteiger partial charge < -0.3 is 0 Å². The zero-order chi connectivity index (χ0) is 13.5. The molecule has 0 amide bonds. The van der Waals surface area contributed by atoms with Crippen LogP contribution in [0.5, 0.6) is 0 Å². The summed E-state index contributed by atoms with van der Waals surface area (Å²) in [6.07, 6.45) is 8.30. The molecule has 98 valence electrons. The van der Waals surface area contributed by atoms with Crippen molar-refractivity contribution < 1.29 is 4.79 Å². The molecular formula is C16H13N3O. The van der Waals surface area contributed by atoms with Gasteiger partial charge in [0.25, 0.3) is 0 Å². The van der Waals surface area contributed by atoms with E-state index >= 15 is 0 Å². The molecule has 4 rings (SSSR count). The van der Waals surface area contributed by atoms with E-state index in [9.17, 15) is 4.79 Å². The van der Waals surface area contributed by atoms with Gasteiger partial charge in [0, 0.05) is 18.8 Å². The minimum absolute atomic E-state index is 0.146. The topological polar surface area (TPSA) is 47.3 Å². The Bertz CT molecular complexity index is 806. The van der Waals surface area contributed by atoms with Crippen LogP contribution in [-0.4, -0.2) is 20.4 Å². The number of nitrogens with zero attached hydrogens (tertiary/aromatic N) is 3. The third kappa shape index (κ3) is 1.65. The number of fused-ring (bicyclic) bond motifs is 2. The van der Waals surface area contributed by atoms with Gasteiger partial charge in [0.1, 0.15) is 0 Å². The molecule has 0 aliphatic heterocycles. The predicted molar refractivity (Wildman–Crippen MR) is 74.8 cm³/mol. The normalized spacial score (nSPS) is 16.7. The van der Waals surface area contributed by atoms with Gasteiger partial charge in [-0.2, -0.15) is 5.10 Å². The average molecular weight is 263 g/mol. The van der Waals surface area contributed by atoms with Gasteiger partial charge in [-0.05, 0) is 23.5 Å². The van der Waals surface area contributed by atoms with E-state index in [2.05, 4.69) is 22.2 Å². The molecule has 2 heterocycles. The first-order valence-electron chi connectivity index (χ1n) is 6.71. The van der Waals surface area contributed by atoms with Gasteiger partial charge in [-0.3, -0.25) is 9.78 Å². The van der Waals surface area contributed by atoms with Gasteiger partial charge in [-0.1, -0.05) is 24.3 Å². The summed E-state index contributed by atoms with van der Waals surface area (Å²) in [6, 6.07) is 8.34. The highest BCUT2D eigenvalue weighted by Crippen LogP contribution is 2.38. The molecule has 1 unspecified atom stereocenters. The van der Waals surface area contributed by atoms with E-state index in [4.69, 9.17) is 0 Å². The molecule has 2 aromatic heterocycles. The maximum atomic E-state index is 12.5. The van der Waals surface area contributed by atoms with Crippen molar-refractivity contribution in [1.82, 2.24) is 14.6 Å². The quantitative estimate of drug-likeness (QED) is 0.682. The lowest BCUT2D eigenvalue weighted by Gasteiger charge is -2.29. The number of aromatic nitrogens is 3. The first-order valence-corrected chi connectivity index (χ1v) is 6.71. The molecule has 1 aliphatic carbocycles. The van der Waals surface area contributed by atoms with Crippen LogP contribution in [0.15, 0.2) is 49.1 Å². The molecular weight excluding hydrogens is 250 g/mol. The lowest BCUT2D eigenvalue weighted by Crippen LogP contribution is -2.20. The third-order valence-electron chi connectivity index (χ3n) is 4.02. The van der Waals surface area contributed by atoms with Crippen LogP contribution in [0.4, 0.5) is 0 Å². The van der Waals surface area contributed by atoms with Gasteiger partial charge in [0.05, 0.1) is 23.5 Å². The number of hydrogen-bond acceptors (Lipinski definition) is 3. The van der Waals surface area contributed by atoms with Crippen LogP contribution in [0.2, 0.25) is 0 Å². The number of hydrogen-bond donors (Lipinski definition) is 0. The molecule has 1 aliphatic rings. The molecule has 0 fully saturated rings. The monoisotopic (exact) mass is 263 g/mol. The highest BCUT2D eigenvalue weighted by atomic mass is 16.1. The second-order valence-electron chi connectivity index (χ2n) is 5.19. The van der Waals surface area contributed by atoms with Gasteiger partial charge in [-0.15, -0.1) is 0 Å². The van der Waals surface area contributed by atoms with Crippen molar-refractivity contribution in [3.8, 4) is 0 Å². The maximum Gasteiger partial charge on any atom is 0.167 e. The van der Waals surface area contributed by atoms with Crippen LogP contribution in [-0.2, 0) is 6.42 Å². The predicted octanol–water partition coefficient (Wildman–Crippen LogP) is 2.64. The van der Waals surface area contributed by atoms with Crippen LogP contribution in [0, 0.1) is 0 Å². The van der Waals surface area contributed by atoms with Crippen molar-refractivity contribution in [3.05, 3.63) is 65.7 Å². The number of ketones is 1. The first kappa shape index (κ1) is 11.3. The van der Waals surface area contributed by atoms with Crippen molar-refractivity contribution >= 4 is 11.3 Å². The largest absolute Gasteiger partial charge is 0.294 e. The summed E-state index contributed by atoms with van der Waals surface area (Å²) in [4.78, 5) is 16.5. The van der Waals surface area contributed by atoms with E-state index in [1.807, 2.05) is 12.1 Å². The standard InChI is InChI=1S/C16H13N3O/c20-16(8-12-7-11-3-1-2-4-13(11)12)14-9-18-19-6-5-17-10-15(14)19/h1-6,9-10,12H,7-8H2. The van der Waals surface area contributed by atoms with E-state index in [1.54, 1.807) is 29.3 Å². The van der Waals surface area contributed by atoms with E-state index in [1.165, 1.54) is 11.1 Å². The van der Waals surface area contributed by atoms with Gasteiger partial charge in [-0.25, -0.2) is 4.52 Å². The van der Waals surface area contributed by atoms with Crippen molar-refractivity contribution in [1.29, 1.82) is 0 Å². The van der Waals surface area contributed by atoms with Gasteiger partial charge >= 0.3 is 0 Å². The molecule has 0 saturated carbocycles. The third-order valence-corrected chi connectivity index (χ3v) is 4.02. The zero-order valence-electron chi connectivity index (χ0n) is 10.9. The van der Waals surface area contributed by atoms with E-state index in [0.29, 0.717) is 17.9 Å². The second kappa shape index (κ2) is 4.27. The fourth-order valence-electron chi connectivity index (χ4n) is 2.93. The highest BCUT2D eigenvalue weighted by molar-refractivity contribution is 6.02. The first-order chi connectivity index (χ1) is 9.83. The Kier molecular flexibility index (Phi) is 2.42. The molecule has 0 saturated heterocycles. The molecule has 3 aromatic rings. The summed E-state index contributed by atoms with van der Waals surface area (Å²) in [7, 11) is 0. The minimum Gasteiger partial charge on any atom is -0.294 e. The molecule has 4 nitrogen and oxygen atoms in total. The summed E-state index contributed by atoms with van der Waals surface area (Å²) < 4.78 is 1.69. The Labute approximate surface area is 116 Å². The Balaban J connectivity index is 1.60. The molecule has 0 bridgehead atoms. The minimum atomic E-state index is 0.146. The molecule has 0 spiro atoms. The summed E-state index contributed by atoms with van der Waals surface area (Å²) in [5.41, 5.74) is 4.13. The molecule has 1 atom stereocenters. The van der Waals surface area contributed by atoms with Crippen LogP contribution < -0.4 is 0 Å². The van der Waals surface area contributed by atoms with E-state index in [0.717, 1.165) is 11.9 Å². The van der Waals surface area contributed by atoms with Crippen LogP contribution in [0.3, 0.4) is 0 Å². The summed E-state index contributed by atoms with van der Waals surface area (Å²) in [5.74, 6) is 0.498. The summed E-state index contributed by atoms with van der Waals surface area (Å²) in [6.45, 7) is 0. The number of carbonyl (C=O) groups excluding carboxylic acids is 1. The van der Waals surface area contributed by atoms with Crippen molar-refractivity contribution in [3.63, 3.8) is 0 Å². The molecule has 0 N–H and O–H groups in total. The molecule has 4 heteroatoms. The van der Waals surface area contributed by atoms with Gasteiger partial charge in [0.2, 0.25) is 0 Å². The number of carbonyl (C=O) groups is 1. The lowest BCUT2D eigenvalue weighted by atomic mass is 9.74. The SMILES string of the molecule is O=C(CC1Cc2ccccc21)c1cnn2ccncc12. The van der Waals surface area contributed by atoms with Crippen LogP contribution >= 0.6 is 0 Å². The fourth-order valence-corrected chi connectivity index (χ4v) is 2.93. The maximum absolute atomic E-state index is 12.5. The molecule has 20 heavy (non-hydrogen) atoms. The average Bonchev–Trinajstić information content (AvgIpc) is 2.88. The van der Waals surface area contributed by atoms with Gasteiger partial charge in [0.15, 0.2) is 5.78 Å². The molecule has 0 radical (unpaired) electrons. The molecule has 1 aromatic carbocycles. The Morgan fingerprint density at radius 2 is 2.20 bits per heavy atom. The Hall–Kier alpha value is -2.49.